The van der Waals surface area contributed by atoms with E-state index in [1.165, 1.54) is 70.6 Å². The molecule has 1 aromatic rings. The van der Waals surface area contributed by atoms with Crippen molar-refractivity contribution in [2.75, 3.05) is 11.9 Å². The van der Waals surface area contributed by atoms with Gasteiger partial charge >= 0.3 is 0 Å². The number of nitrogens with one attached hydrogen (secondary N) is 2. The molecule has 110 valence electrons. The van der Waals surface area contributed by atoms with E-state index in [2.05, 4.69) is 27.7 Å². The zero-order valence-corrected chi connectivity index (χ0v) is 12.5. The van der Waals surface area contributed by atoms with E-state index < -0.39 is 0 Å². The molecule has 0 aliphatic rings. The Morgan fingerprint density at radius 2 is 1.47 bits per heavy atom. The Morgan fingerprint density at radius 3 is 2.00 bits per heavy atom. The van der Waals surface area contributed by atoms with Crippen molar-refractivity contribution >= 4 is 5.82 Å². The van der Waals surface area contributed by atoms with E-state index >= 15 is 0 Å². The fourth-order valence-electron chi connectivity index (χ4n) is 2.29. The molecule has 0 saturated carbocycles. The number of aromatic nitrogens is 3. The molecule has 0 saturated heterocycles. The summed E-state index contributed by atoms with van der Waals surface area (Å²) in [7, 11) is 0. The Kier molecular flexibility index (Phi) is 10.1. The molecule has 0 amide bonds. The number of unbranched alkanes of at least 4 members (excludes halogenated alkanes) is 10. The minimum Gasteiger partial charge on any atom is -0.367 e. The monoisotopic (exact) mass is 266 g/mol. The molecule has 2 N–H and O–H groups in total. The van der Waals surface area contributed by atoms with Gasteiger partial charge in [-0.2, -0.15) is 10.3 Å². The van der Waals surface area contributed by atoms with Crippen molar-refractivity contribution in [3.05, 3.63) is 6.20 Å². The second-order valence-electron chi connectivity index (χ2n) is 5.32. The highest BCUT2D eigenvalue weighted by Crippen LogP contribution is 2.11. The van der Waals surface area contributed by atoms with Crippen LogP contribution in [0.3, 0.4) is 0 Å². The van der Waals surface area contributed by atoms with Gasteiger partial charge in [0.15, 0.2) is 5.82 Å². The molecule has 0 aliphatic carbocycles. The molecule has 0 bridgehead atoms. The van der Waals surface area contributed by atoms with Crippen LogP contribution < -0.4 is 5.32 Å². The summed E-state index contributed by atoms with van der Waals surface area (Å²) in [6.45, 7) is 3.28. The highest BCUT2D eigenvalue weighted by atomic mass is 15.3. The molecule has 0 unspecified atom stereocenters. The number of H-pyrrole nitrogens is 1. The van der Waals surface area contributed by atoms with Crippen LogP contribution in [0.4, 0.5) is 5.82 Å². The van der Waals surface area contributed by atoms with Crippen LogP contribution in [0.15, 0.2) is 6.20 Å². The lowest BCUT2D eigenvalue weighted by molar-refractivity contribution is 0.552. The summed E-state index contributed by atoms with van der Waals surface area (Å²) in [6, 6.07) is 0. The average molecular weight is 266 g/mol. The second kappa shape index (κ2) is 12.0. The molecule has 1 rings (SSSR count). The van der Waals surface area contributed by atoms with E-state index in [-0.39, 0.29) is 0 Å². The van der Waals surface area contributed by atoms with Crippen LogP contribution >= 0.6 is 0 Å². The zero-order chi connectivity index (χ0) is 13.6. The van der Waals surface area contributed by atoms with Gasteiger partial charge in [0.2, 0.25) is 0 Å². The van der Waals surface area contributed by atoms with Crippen molar-refractivity contribution in [3.8, 4) is 0 Å². The maximum absolute atomic E-state index is 3.96. The molecule has 0 aromatic carbocycles. The summed E-state index contributed by atoms with van der Waals surface area (Å²) in [5, 5.41) is 13.6. The van der Waals surface area contributed by atoms with Gasteiger partial charge in [-0.3, -0.25) is 0 Å². The molecule has 0 atom stereocenters. The quantitative estimate of drug-likeness (QED) is 0.516. The molecule has 1 aromatic heterocycles. The van der Waals surface area contributed by atoms with Crippen LogP contribution in [0.1, 0.15) is 77.6 Å². The van der Waals surface area contributed by atoms with Crippen LogP contribution in [-0.2, 0) is 0 Å². The number of rotatable bonds is 13. The topological polar surface area (TPSA) is 53.6 Å². The average Bonchev–Trinajstić information content (AvgIpc) is 2.93. The molecular formula is C15H30N4. The normalized spacial score (nSPS) is 10.8. The number of hydrogen-bond acceptors (Lipinski definition) is 3. The summed E-state index contributed by atoms with van der Waals surface area (Å²) >= 11 is 0. The Bertz CT molecular complexity index is 272. The van der Waals surface area contributed by atoms with Gasteiger partial charge < -0.3 is 5.32 Å². The van der Waals surface area contributed by atoms with Crippen molar-refractivity contribution in [1.82, 2.24) is 15.4 Å². The molecule has 1 heterocycles. The van der Waals surface area contributed by atoms with E-state index in [0.717, 1.165) is 12.4 Å². The standard InChI is InChI=1S/C15H30N4/c1-2-3-4-5-6-7-8-9-10-11-12-13-16-15-14-17-19-18-15/h14H,2-13H2,1H3,(H2,16,17,18,19). The van der Waals surface area contributed by atoms with Crippen molar-refractivity contribution in [1.29, 1.82) is 0 Å². The van der Waals surface area contributed by atoms with Crippen molar-refractivity contribution in [2.45, 2.75) is 77.6 Å². The molecule has 0 aliphatic heterocycles. The molecule has 0 spiro atoms. The first-order chi connectivity index (χ1) is 9.43. The van der Waals surface area contributed by atoms with E-state index in [0.29, 0.717) is 0 Å². The highest BCUT2D eigenvalue weighted by Gasteiger charge is 1.95. The van der Waals surface area contributed by atoms with Gasteiger partial charge in [0.25, 0.3) is 0 Å². The Balaban J connectivity index is 1.72. The first kappa shape index (κ1) is 16.0. The fourth-order valence-corrected chi connectivity index (χ4v) is 2.29. The van der Waals surface area contributed by atoms with E-state index in [9.17, 15) is 0 Å². The van der Waals surface area contributed by atoms with Crippen LogP contribution in [0.25, 0.3) is 0 Å². The van der Waals surface area contributed by atoms with Crippen LogP contribution in [0.5, 0.6) is 0 Å². The van der Waals surface area contributed by atoms with E-state index in [1.807, 2.05) is 0 Å². The molecule has 19 heavy (non-hydrogen) atoms. The van der Waals surface area contributed by atoms with Gasteiger partial charge in [0, 0.05) is 6.54 Å². The zero-order valence-electron chi connectivity index (χ0n) is 12.5. The first-order valence-corrected chi connectivity index (χ1v) is 8.03. The number of anilines is 1. The maximum Gasteiger partial charge on any atom is 0.168 e. The smallest absolute Gasteiger partial charge is 0.168 e. The Morgan fingerprint density at radius 1 is 0.895 bits per heavy atom. The van der Waals surface area contributed by atoms with Crippen molar-refractivity contribution in [2.24, 2.45) is 0 Å². The molecular weight excluding hydrogens is 236 g/mol. The fraction of sp³-hybridized carbons (Fsp3) is 0.867. The van der Waals surface area contributed by atoms with Gasteiger partial charge in [0.1, 0.15) is 0 Å². The minimum absolute atomic E-state index is 0.854. The predicted molar refractivity (Wildman–Crippen MR) is 81.3 cm³/mol. The lowest BCUT2D eigenvalue weighted by atomic mass is 10.1. The third-order valence-corrected chi connectivity index (χ3v) is 3.50. The second-order valence-corrected chi connectivity index (χ2v) is 5.32. The van der Waals surface area contributed by atoms with Crippen LogP contribution in [-0.4, -0.2) is 22.0 Å². The predicted octanol–water partition coefficient (Wildman–Crippen LogP) is 4.53. The highest BCUT2D eigenvalue weighted by molar-refractivity contribution is 5.27. The van der Waals surface area contributed by atoms with Gasteiger partial charge in [-0.05, 0) is 6.42 Å². The Hall–Kier alpha value is -1.06. The summed E-state index contributed by atoms with van der Waals surface area (Å²) < 4.78 is 0. The molecule has 4 nitrogen and oxygen atoms in total. The molecule has 0 radical (unpaired) electrons. The van der Waals surface area contributed by atoms with Gasteiger partial charge in [0.05, 0.1) is 6.20 Å². The summed E-state index contributed by atoms with van der Waals surface area (Å²) in [5.41, 5.74) is 0. The van der Waals surface area contributed by atoms with Gasteiger partial charge in [-0.15, -0.1) is 5.10 Å². The third kappa shape index (κ3) is 9.51. The summed E-state index contributed by atoms with van der Waals surface area (Å²) in [5.74, 6) is 0.854. The van der Waals surface area contributed by atoms with Gasteiger partial charge in [-0.25, -0.2) is 0 Å². The van der Waals surface area contributed by atoms with E-state index in [1.54, 1.807) is 6.20 Å². The number of aromatic amines is 1. The third-order valence-electron chi connectivity index (χ3n) is 3.50. The SMILES string of the molecule is CCCCCCCCCCCCCNc1cn[nH]n1. The van der Waals surface area contributed by atoms with Gasteiger partial charge in [-0.1, -0.05) is 71.1 Å². The van der Waals surface area contributed by atoms with Crippen LogP contribution in [0.2, 0.25) is 0 Å². The van der Waals surface area contributed by atoms with Crippen molar-refractivity contribution in [3.63, 3.8) is 0 Å². The summed E-state index contributed by atoms with van der Waals surface area (Å²) in [4.78, 5) is 0. The Labute approximate surface area is 117 Å². The van der Waals surface area contributed by atoms with Crippen molar-refractivity contribution < 1.29 is 0 Å². The lowest BCUT2D eigenvalue weighted by Gasteiger charge is -2.03. The van der Waals surface area contributed by atoms with Crippen LogP contribution in [0, 0.1) is 0 Å². The number of nitrogens with zero attached hydrogens (tertiary/aromatic N) is 2. The minimum atomic E-state index is 0.854. The number of hydrogen-bond donors (Lipinski definition) is 2. The molecule has 4 heteroatoms. The summed E-state index contributed by atoms with van der Waals surface area (Å²) in [6.07, 6.45) is 17.0. The largest absolute Gasteiger partial charge is 0.367 e. The molecule has 0 fully saturated rings. The lowest BCUT2D eigenvalue weighted by Crippen LogP contribution is -2.01. The maximum atomic E-state index is 3.96. The van der Waals surface area contributed by atoms with E-state index in [4.69, 9.17) is 0 Å². The first-order valence-electron chi connectivity index (χ1n) is 8.03.